The first-order valence-electron chi connectivity index (χ1n) is 9.11. The molecule has 0 fully saturated rings. The lowest BCUT2D eigenvalue weighted by molar-refractivity contribution is -0.121. The third kappa shape index (κ3) is 4.31. The summed E-state index contributed by atoms with van der Waals surface area (Å²) in [4.78, 5) is 26.2. The molecular formula is C19H24ClN5O2. The molecule has 2 aliphatic rings. The van der Waals surface area contributed by atoms with Gasteiger partial charge in [0.05, 0.1) is 17.9 Å². The molecule has 2 aliphatic heterocycles. The first-order valence-corrected chi connectivity index (χ1v) is 9.11. The molecule has 8 heteroatoms. The Morgan fingerprint density at radius 2 is 2.15 bits per heavy atom. The molecule has 3 heterocycles. The Kier molecular flexibility index (Phi) is 6.13. The van der Waals surface area contributed by atoms with Crippen LogP contribution in [0.3, 0.4) is 0 Å². The summed E-state index contributed by atoms with van der Waals surface area (Å²) in [5.41, 5.74) is 3.82. The number of aryl methyl sites for hydroxylation is 1. The highest BCUT2D eigenvalue weighted by Gasteiger charge is 2.26. The summed E-state index contributed by atoms with van der Waals surface area (Å²) in [5.74, 6) is -0.0474. The van der Waals surface area contributed by atoms with E-state index in [2.05, 4.69) is 15.7 Å². The molecule has 7 nitrogen and oxygen atoms in total. The predicted molar refractivity (Wildman–Crippen MR) is 103 cm³/mol. The van der Waals surface area contributed by atoms with E-state index in [4.69, 9.17) is 0 Å². The van der Waals surface area contributed by atoms with Crippen molar-refractivity contribution >= 4 is 24.2 Å². The van der Waals surface area contributed by atoms with E-state index in [0.29, 0.717) is 26.1 Å². The molecule has 0 bridgehead atoms. The highest BCUT2D eigenvalue weighted by molar-refractivity contribution is 5.98. The van der Waals surface area contributed by atoms with Crippen molar-refractivity contribution in [2.75, 3.05) is 13.1 Å². The van der Waals surface area contributed by atoms with Gasteiger partial charge in [-0.05, 0) is 30.7 Å². The van der Waals surface area contributed by atoms with Crippen molar-refractivity contribution in [2.24, 2.45) is 0 Å². The van der Waals surface area contributed by atoms with Gasteiger partial charge in [0.2, 0.25) is 5.91 Å². The Morgan fingerprint density at radius 3 is 3.00 bits per heavy atom. The molecule has 0 atom stereocenters. The summed E-state index contributed by atoms with van der Waals surface area (Å²) in [5, 5.41) is 10.8. The van der Waals surface area contributed by atoms with Crippen molar-refractivity contribution in [3.8, 4) is 0 Å². The molecule has 2 amide bonds. The van der Waals surface area contributed by atoms with Crippen molar-refractivity contribution in [2.45, 2.75) is 39.0 Å². The largest absolute Gasteiger partial charge is 0.350 e. The number of aromatic nitrogens is 2. The Balaban J connectivity index is 0.00000210. The van der Waals surface area contributed by atoms with Crippen LogP contribution in [-0.4, -0.2) is 39.6 Å². The van der Waals surface area contributed by atoms with Crippen molar-refractivity contribution < 1.29 is 9.59 Å². The lowest BCUT2D eigenvalue weighted by Gasteiger charge is -2.15. The maximum Gasteiger partial charge on any atom is 0.254 e. The highest BCUT2D eigenvalue weighted by Crippen LogP contribution is 2.22. The minimum Gasteiger partial charge on any atom is -0.350 e. The van der Waals surface area contributed by atoms with Gasteiger partial charge < -0.3 is 15.5 Å². The molecular weight excluding hydrogens is 366 g/mol. The first kappa shape index (κ1) is 19.4. The average molecular weight is 390 g/mol. The third-order valence-electron chi connectivity index (χ3n) is 4.92. The van der Waals surface area contributed by atoms with E-state index < -0.39 is 0 Å². The summed E-state index contributed by atoms with van der Waals surface area (Å²) in [6, 6.07) is 9.65. The minimum atomic E-state index is -0.0601. The number of hydrogen-bond acceptors (Lipinski definition) is 4. The molecule has 27 heavy (non-hydrogen) atoms. The summed E-state index contributed by atoms with van der Waals surface area (Å²) in [7, 11) is 0. The lowest BCUT2D eigenvalue weighted by Crippen LogP contribution is -2.31. The maximum atomic E-state index is 12.3. The van der Waals surface area contributed by atoms with Crippen molar-refractivity contribution in [3.63, 3.8) is 0 Å². The van der Waals surface area contributed by atoms with Gasteiger partial charge in [0, 0.05) is 38.2 Å². The Bertz CT molecular complexity index is 812. The fraction of sp³-hybridized carbons (Fsp3) is 0.421. The highest BCUT2D eigenvalue weighted by atomic mass is 35.5. The van der Waals surface area contributed by atoms with Gasteiger partial charge in [0.15, 0.2) is 0 Å². The summed E-state index contributed by atoms with van der Waals surface area (Å²) in [6.07, 6.45) is 1.36. The van der Waals surface area contributed by atoms with Crippen LogP contribution < -0.4 is 10.6 Å². The molecule has 1 aromatic carbocycles. The normalized spacial score (nSPS) is 15.6. The molecule has 4 rings (SSSR count). The number of rotatable bonds is 5. The zero-order valence-electron chi connectivity index (χ0n) is 15.1. The van der Waals surface area contributed by atoms with Crippen molar-refractivity contribution in [3.05, 3.63) is 52.8 Å². The molecule has 0 aliphatic carbocycles. The SMILES string of the molecule is Cl.O=C(CCN1Cc2ccccc2C1=O)NCc1cc2n(n1)CCCNC2. The van der Waals surface area contributed by atoms with Crippen LogP contribution in [0.15, 0.2) is 30.3 Å². The molecule has 0 saturated carbocycles. The van der Waals surface area contributed by atoms with Crippen LogP contribution in [-0.2, 0) is 31.0 Å². The molecule has 1 aromatic heterocycles. The molecule has 0 radical (unpaired) electrons. The van der Waals surface area contributed by atoms with Gasteiger partial charge in [-0.2, -0.15) is 5.10 Å². The smallest absolute Gasteiger partial charge is 0.254 e. The van der Waals surface area contributed by atoms with Crippen LogP contribution in [0.1, 0.15) is 40.2 Å². The number of nitrogens with one attached hydrogen (secondary N) is 2. The zero-order valence-corrected chi connectivity index (χ0v) is 15.9. The van der Waals surface area contributed by atoms with Gasteiger partial charge in [-0.25, -0.2) is 0 Å². The number of fused-ring (bicyclic) bond motifs is 2. The Morgan fingerprint density at radius 1 is 1.30 bits per heavy atom. The topological polar surface area (TPSA) is 79.3 Å². The van der Waals surface area contributed by atoms with E-state index in [0.717, 1.165) is 48.6 Å². The standard InChI is InChI=1S/C19H23N5O2.ClH/c25-18(6-9-23-13-14-4-1-2-5-17(14)19(23)26)21-11-15-10-16-12-20-7-3-8-24(16)22-15;/h1-2,4-5,10,20H,3,6-9,11-13H2,(H,21,25);1H. The Labute approximate surface area is 164 Å². The summed E-state index contributed by atoms with van der Waals surface area (Å²) in [6.45, 7) is 4.18. The van der Waals surface area contributed by atoms with Gasteiger partial charge in [0.25, 0.3) is 5.91 Å². The number of halogens is 1. The van der Waals surface area contributed by atoms with Crippen molar-refractivity contribution in [1.29, 1.82) is 0 Å². The average Bonchev–Trinajstić information content (AvgIpc) is 3.11. The first-order chi connectivity index (χ1) is 12.7. The second-order valence-corrected chi connectivity index (χ2v) is 6.79. The second kappa shape index (κ2) is 8.54. The van der Waals surface area contributed by atoms with Gasteiger partial charge in [-0.15, -0.1) is 12.4 Å². The van der Waals surface area contributed by atoms with Gasteiger partial charge in [0.1, 0.15) is 0 Å². The maximum absolute atomic E-state index is 12.3. The van der Waals surface area contributed by atoms with Crippen molar-refractivity contribution in [1.82, 2.24) is 25.3 Å². The van der Waals surface area contributed by atoms with Crippen LogP contribution in [0, 0.1) is 0 Å². The number of carbonyl (C=O) groups is 2. The monoisotopic (exact) mass is 389 g/mol. The molecule has 2 aromatic rings. The van der Waals surface area contributed by atoms with E-state index in [1.165, 1.54) is 0 Å². The minimum absolute atomic E-state index is 0. The second-order valence-electron chi connectivity index (χ2n) is 6.79. The molecule has 0 saturated heterocycles. The van der Waals surface area contributed by atoms with Crippen LogP contribution in [0.4, 0.5) is 0 Å². The third-order valence-corrected chi connectivity index (χ3v) is 4.92. The summed E-state index contributed by atoms with van der Waals surface area (Å²) < 4.78 is 2.02. The van der Waals surface area contributed by atoms with Crippen LogP contribution in [0.25, 0.3) is 0 Å². The van der Waals surface area contributed by atoms with Gasteiger partial charge >= 0.3 is 0 Å². The van der Waals surface area contributed by atoms with Crippen LogP contribution >= 0.6 is 12.4 Å². The summed E-state index contributed by atoms with van der Waals surface area (Å²) >= 11 is 0. The molecule has 2 N–H and O–H groups in total. The van der Waals surface area contributed by atoms with E-state index in [-0.39, 0.29) is 24.2 Å². The fourth-order valence-electron chi connectivity index (χ4n) is 3.52. The molecule has 0 spiro atoms. The van der Waals surface area contributed by atoms with Gasteiger partial charge in [-0.3, -0.25) is 14.3 Å². The van der Waals surface area contributed by atoms with E-state index in [1.807, 2.05) is 35.0 Å². The van der Waals surface area contributed by atoms with Gasteiger partial charge in [-0.1, -0.05) is 18.2 Å². The number of hydrogen-bond donors (Lipinski definition) is 2. The van der Waals surface area contributed by atoms with E-state index >= 15 is 0 Å². The molecule has 0 unspecified atom stereocenters. The zero-order chi connectivity index (χ0) is 17.9. The number of amides is 2. The number of benzene rings is 1. The van der Waals surface area contributed by atoms with E-state index in [1.54, 1.807) is 4.90 Å². The molecule has 144 valence electrons. The van der Waals surface area contributed by atoms with Crippen LogP contribution in [0.5, 0.6) is 0 Å². The Hall–Kier alpha value is -2.38. The number of carbonyl (C=O) groups excluding carboxylic acids is 2. The van der Waals surface area contributed by atoms with E-state index in [9.17, 15) is 9.59 Å². The predicted octanol–water partition coefficient (Wildman–Crippen LogP) is 1.46. The number of nitrogens with zero attached hydrogens (tertiary/aromatic N) is 3. The fourth-order valence-corrected chi connectivity index (χ4v) is 3.52. The quantitative estimate of drug-likeness (QED) is 0.811. The van der Waals surface area contributed by atoms with Crippen LogP contribution in [0.2, 0.25) is 0 Å². The lowest BCUT2D eigenvalue weighted by atomic mass is 10.1.